The maximum absolute atomic E-state index is 12.2. The number of benzene rings is 2. The van der Waals surface area contributed by atoms with Crippen molar-refractivity contribution in [3.8, 4) is 5.75 Å². The SMILES string of the molecule is CC(C)CNC(=O)c1cc2ccc(OC(=O)c3ccc(Cl)cc3)cc2oc1=O. The average Bonchev–Trinajstić information content (AvgIpc) is 2.66. The number of amides is 1. The second-order valence-corrected chi connectivity index (χ2v) is 7.08. The predicted octanol–water partition coefficient (Wildman–Crippen LogP) is 4.05. The minimum absolute atomic E-state index is 0.0703. The van der Waals surface area contributed by atoms with Gasteiger partial charge in [-0.2, -0.15) is 0 Å². The Bertz CT molecular complexity index is 1090. The molecule has 144 valence electrons. The highest BCUT2D eigenvalue weighted by Gasteiger charge is 2.15. The standard InChI is InChI=1S/C21H18ClNO5/c1-12(2)11-23-19(24)17-9-14-5-8-16(10-18(14)28-21(17)26)27-20(25)13-3-6-15(22)7-4-13/h3-10,12H,11H2,1-2H3,(H,23,24). The van der Waals surface area contributed by atoms with Gasteiger partial charge >= 0.3 is 11.6 Å². The number of esters is 1. The van der Waals surface area contributed by atoms with Gasteiger partial charge in [0.25, 0.3) is 5.91 Å². The maximum atomic E-state index is 12.2. The minimum atomic E-state index is -0.755. The van der Waals surface area contributed by atoms with Gasteiger partial charge in [-0.15, -0.1) is 0 Å². The van der Waals surface area contributed by atoms with Crippen molar-refractivity contribution in [2.75, 3.05) is 6.54 Å². The van der Waals surface area contributed by atoms with Crippen molar-refractivity contribution < 1.29 is 18.7 Å². The Balaban J connectivity index is 1.83. The van der Waals surface area contributed by atoms with Gasteiger partial charge in [-0.25, -0.2) is 9.59 Å². The van der Waals surface area contributed by atoms with Crippen molar-refractivity contribution >= 4 is 34.4 Å². The Morgan fingerprint density at radius 3 is 2.50 bits per heavy atom. The third kappa shape index (κ3) is 4.58. The smallest absolute Gasteiger partial charge is 0.349 e. The summed E-state index contributed by atoms with van der Waals surface area (Å²) < 4.78 is 10.5. The molecule has 0 radical (unpaired) electrons. The molecule has 0 aliphatic heterocycles. The maximum Gasteiger partial charge on any atom is 0.349 e. The zero-order valence-corrected chi connectivity index (χ0v) is 16.1. The molecule has 6 nitrogen and oxygen atoms in total. The number of carbonyl (C=O) groups is 2. The molecule has 0 aliphatic carbocycles. The first-order valence-corrected chi connectivity index (χ1v) is 9.05. The molecule has 0 aliphatic rings. The van der Waals surface area contributed by atoms with Crippen molar-refractivity contribution in [1.82, 2.24) is 5.32 Å². The lowest BCUT2D eigenvalue weighted by atomic mass is 10.1. The van der Waals surface area contributed by atoms with Gasteiger partial charge in [0.15, 0.2) is 0 Å². The van der Waals surface area contributed by atoms with Crippen molar-refractivity contribution in [2.45, 2.75) is 13.8 Å². The fourth-order valence-corrected chi connectivity index (χ4v) is 2.58. The van der Waals surface area contributed by atoms with Crippen LogP contribution in [-0.4, -0.2) is 18.4 Å². The van der Waals surface area contributed by atoms with Gasteiger partial charge in [-0.05, 0) is 48.4 Å². The van der Waals surface area contributed by atoms with E-state index in [4.69, 9.17) is 20.8 Å². The molecule has 28 heavy (non-hydrogen) atoms. The number of ether oxygens (including phenoxy) is 1. The first-order chi connectivity index (χ1) is 13.3. The third-order valence-corrected chi connectivity index (χ3v) is 4.17. The normalized spacial score (nSPS) is 10.9. The van der Waals surface area contributed by atoms with Gasteiger partial charge in [-0.3, -0.25) is 4.79 Å². The van der Waals surface area contributed by atoms with E-state index in [9.17, 15) is 14.4 Å². The van der Waals surface area contributed by atoms with Crippen LogP contribution in [0.4, 0.5) is 0 Å². The van der Waals surface area contributed by atoms with Crippen LogP contribution in [0.15, 0.2) is 57.7 Å². The summed E-state index contributed by atoms with van der Waals surface area (Å²) in [7, 11) is 0. The number of fused-ring (bicyclic) bond motifs is 1. The first-order valence-electron chi connectivity index (χ1n) is 8.67. The number of hydrogen-bond donors (Lipinski definition) is 1. The molecule has 7 heteroatoms. The fraction of sp³-hybridized carbons (Fsp3) is 0.190. The molecule has 2 aromatic carbocycles. The van der Waals surface area contributed by atoms with E-state index in [1.54, 1.807) is 36.4 Å². The predicted molar refractivity (Wildman–Crippen MR) is 106 cm³/mol. The molecular weight excluding hydrogens is 382 g/mol. The van der Waals surface area contributed by atoms with Gasteiger partial charge in [0.05, 0.1) is 5.56 Å². The number of halogens is 1. The number of carbonyl (C=O) groups excluding carboxylic acids is 2. The fourth-order valence-electron chi connectivity index (χ4n) is 2.46. The average molecular weight is 400 g/mol. The van der Waals surface area contributed by atoms with E-state index < -0.39 is 17.5 Å². The van der Waals surface area contributed by atoms with E-state index in [2.05, 4.69) is 5.32 Å². The Morgan fingerprint density at radius 1 is 1.11 bits per heavy atom. The van der Waals surface area contributed by atoms with Crippen LogP contribution in [0.1, 0.15) is 34.6 Å². The lowest BCUT2D eigenvalue weighted by molar-refractivity contribution is 0.0734. The van der Waals surface area contributed by atoms with Crippen LogP contribution in [0.2, 0.25) is 5.02 Å². The summed E-state index contributed by atoms with van der Waals surface area (Å²) in [5.41, 5.74) is -0.274. The van der Waals surface area contributed by atoms with Crippen LogP contribution in [0.25, 0.3) is 11.0 Å². The summed E-state index contributed by atoms with van der Waals surface area (Å²) in [5.74, 6) is -0.576. The highest BCUT2D eigenvalue weighted by Crippen LogP contribution is 2.22. The summed E-state index contributed by atoms with van der Waals surface area (Å²) in [6.07, 6.45) is 0. The van der Waals surface area contributed by atoms with E-state index >= 15 is 0 Å². The van der Waals surface area contributed by atoms with Crippen molar-refractivity contribution in [3.63, 3.8) is 0 Å². The summed E-state index contributed by atoms with van der Waals surface area (Å²) in [5, 5.41) is 3.74. The summed E-state index contributed by atoms with van der Waals surface area (Å²) in [6, 6.07) is 12.3. The largest absolute Gasteiger partial charge is 0.423 e. The highest BCUT2D eigenvalue weighted by molar-refractivity contribution is 6.30. The minimum Gasteiger partial charge on any atom is -0.423 e. The third-order valence-electron chi connectivity index (χ3n) is 3.91. The van der Waals surface area contributed by atoms with Crippen LogP contribution < -0.4 is 15.7 Å². The molecule has 0 saturated carbocycles. The van der Waals surface area contributed by atoms with Crippen LogP contribution in [0, 0.1) is 5.92 Å². The molecule has 1 heterocycles. The van der Waals surface area contributed by atoms with Gasteiger partial charge in [-0.1, -0.05) is 25.4 Å². The molecule has 3 aromatic rings. The first kappa shape index (κ1) is 19.6. The van der Waals surface area contributed by atoms with Crippen LogP contribution >= 0.6 is 11.6 Å². The summed E-state index contributed by atoms with van der Waals surface area (Å²) in [4.78, 5) is 36.5. The molecule has 0 saturated heterocycles. The van der Waals surface area contributed by atoms with E-state index in [-0.39, 0.29) is 22.8 Å². The Kier molecular flexibility index (Phi) is 5.80. The van der Waals surface area contributed by atoms with E-state index in [0.29, 0.717) is 22.5 Å². The monoisotopic (exact) mass is 399 g/mol. The van der Waals surface area contributed by atoms with Gasteiger partial charge in [0, 0.05) is 23.0 Å². The molecule has 1 N–H and O–H groups in total. The molecule has 0 atom stereocenters. The molecule has 0 spiro atoms. The van der Waals surface area contributed by atoms with Gasteiger partial charge in [0.1, 0.15) is 16.9 Å². The Hall–Kier alpha value is -3.12. The van der Waals surface area contributed by atoms with Crippen LogP contribution in [-0.2, 0) is 0 Å². The van der Waals surface area contributed by atoms with Crippen molar-refractivity contribution in [1.29, 1.82) is 0 Å². The van der Waals surface area contributed by atoms with E-state index in [1.807, 2.05) is 13.8 Å². The van der Waals surface area contributed by atoms with Crippen molar-refractivity contribution in [2.24, 2.45) is 5.92 Å². The Morgan fingerprint density at radius 2 is 1.82 bits per heavy atom. The number of hydrogen-bond acceptors (Lipinski definition) is 5. The molecule has 1 amide bonds. The second kappa shape index (κ2) is 8.27. The van der Waals surface area contributed by atoms with E-state index in [1.165, 1.54) is 12.1 Å². The van der Waals surface area contributed by atoms with Gasteiger partial charge < -0.3 is 14.5 Å². The lowest BCUT2D eigenvalue weighted by Gasteiger charge is -2.08. The lowest BCUT2D eigenvalue weighted by Crippen LogP contribution is -2.31. The molecular formula is C21H18ClNO5. The summed E-state index contributed by atoms with van der Waals surface area (Å²) >= 11 is 5.80. The topological polar surface area (TPSA) is 85.6 Å². The van der Waals surface area contributed by atoms with Gasteiger partial charge in [0.2, 0.25) is 0 Å². The number of rotatable bonds is 5. The summed E-state index contributed by atoms with van der Waals surface area (Å²) in [6.45, 7) is 4.36. The van der Waals surface area contributed by atoms with Crippen molar-refractivity contribution in [3.05, 3.63) is 75.1 Å². The van der Waals surface area contributed by atoms with Crippen LogP contribution in [0.3, 0.4) is 0 Å². The molecule has 0 unspecified atom stereocenters. The zero-order chi connectivity index (χ0) is 20.3. The second-order valence-electron chi connectivity index (χ2n) is 6.65. The Labute approximate surface area is 166 Å². The molecule has 1 aromatic heterocycles. The zero-order valence-electron chi connectivity index (χ0n) is 15.3. The highest BCUT2D eigenvalue weighted by atomic mass is 35.5. The molecule has 0 fully saturated rings. The van der Waals surface area contributed by atoms with E-state index in [0.717, 1.165) is 0 Å². The molecule has 0 bridgehead atoms. The van der Waals surface area contributed by atoms with Crippen LogP contribution in [0.5, 0.6) is 5.75 Å². The quantitative estimate of drug-likeness (QED) is 0.397. The number of nitrogens with one attached hydrogen (secondary N) is 1. The molecule has 3 rings (SSSR count).